The smallest absolute Gasteiger partial charge is 0.326 e. The van der Waals surface area contributed by atoms with E-state index in [4.69, 9.17) is 14.2 Å². The molecular formula is C23H35N3O6. The molecule has 1 aromatic rings. The van der Waals surface area contributed by atoms with Gasteiger partial charge in [-0.2, -0.15) is 0 Å². The highest BCUT2D eigenvalue weighted by Crippen LogP contribution is 2.36. The summed E-state index contributed by atoms with van der Waals surface area (Å²) in [6.07, 6.45) is 0.0615. The Balaban J connectivity index is 2.20. The first-order chi connectivity index (χ1) is 14.9. The van der Waals surface area contributed by atoms with Gasteiger partial charge >= 0.3 is 5.97 Å². The maximum atomic E-state index is 13.3. The van der Waals surface area contributed by atoms with Gasteiger partial charge in [-0.3, -0.25) is 14.4 Å². The number of likely N-dealkylation sites (N-methyl/N-ethyl adjacent to an activating group) is 1. The number of rotatable bonds is 9. The number of methoxy groups -OCH3 is 2. The van der Waals surface area contributed by atoms with Crippen LogP contribution < -0.4 is 14.4 Å². The van der Waals surface area contributed by atoms with Gasteiger partial charge in [0, 0.05) is 32.1 Å². The summed E-state index contributed by atoms with van der Waals surface area (Å²) in [5.74, 6) is -0.357. The molecule has 2 amide bonds. The molecule has 2 rings (SSSR count). The number of esters is 1. The topological polar surface area (TPSA) is 88.6 Å². The molecule has 1 saturated heterocycles. The van der Waals surface area contributed by atoms with Crippen molar-refractivity contribution in [1.82, 2.24) is 9.80 Å². The molecule has 1 heterocycles. The molecule has 1 fully saturated rings. The van der Waals surface area contributed by atoms with Gasteiger partial charge in [-0.25, -0.2) is 0 Å². The lowest BCUT2D eigenvalue weighted by Crippen LogP contribution is -2.45. The normalized spacial score (nSPS) is 16.3. The van der Waals surface area contributed by atoms with Crippen LogP contribution >= 0.6 is 0 Å². The minimum absolute atomic E-state index is 0.0615. The fourth-order valence-corrected chi connectivity index (χ4v) is 3.49. The van der Waals surface area contributed by atoms with Crippen LogP contribution in [0.5, 0.6) is 11.5 Å². The first-order valence-electron chi connectivity index (χ1n) is 10.6. The molecule has 9 heteroatoms. The fraction of sp³-hybridized carbons (Fsp3) is 0.609. The highest BCUT2D eigenvalue weighted by atomic mass is 16.6. The van der Waals surface area contributed by atoms with E-state index in [1.807, 2.05) is 19.0 Å². The average Bonchev–Trinajstić information content (AvgIpc) is 3.10. The molecule has 32 heavy (non-hydrogen) atoms. The summed E-state index contributed by atoms with van der Waals surface area (Å²) in [6.45, 7) is 6.34. The predicted molar refractivity (Wildman–Crippen MR) is 121 cm³/mol. The summed E-state index contributed by atoms with van der Waals surface area (Å²) in [7, 11) is 6.86. The lowest BCUT2D eigenvalue weighted by molar-refractivity contribution is -0.159. The second-order valence-electron chi connectivity index (χ2n) is 9.09. The van der Waals surface area contributed by atoms with E-state index in [9.17, 15) is 14.4 Å². The number of benzene rings is 1. The van der Waals surface area contributed by atoms with Crippen LogP contribution in [0.2, 0.25) is 0 Å². The second kappa shape index (κ2) is 10.7. The monoisotopic (exact) mass is 449 g/mol. The predicted octanol–water partition coefficient (Wildman–Crippen LogP) is 1.79. The van der Waals surface area contributed by atoms with E-state index in [0.717, 1.165) is 0 Å². The summed E-state index contributed by atoms with van der Waals surface area (Å²) in [4.78, 5) is 43.5. The Labute approximate surface area is 190 Å². The summed E-state index contributed by atoms with van der Waals surface area (Å²) in [5.41, 5.74) is -0.0877. The first-order valence-corrected chi connectivity index (χ1v) is 10.6. The molecule has 0 N–H and O–H groups in total. The lowest BCUT2D eigenvalue weighted by Gasteiger charge is -2.28. The van der Waals surface area contributed by atoms with Gasteiger partial charge < -0.3 is 28.9 Å². The van der Waals surface area contributed by atoms with E-state index in [1.54, 1.807) is 51.0 Å². The third-order valence-electron chi connectivity index (χ3n) is 5.02. The largest absolute Gasteiger partial charge is 0.497 e. The quantitative estimate of drug-likeness (QED) is 0.531. The van der Waals surface area contributed by atoms with Crippen molar-refractivity contribution in [3.8, 4) is 11.5 Å². The number of hydrogen-bond donors (Lipinski definition) is 0. The summed E-state index contributed by atoms with van der Waals surface area (Å²) >= 11 is 0. The van der Waals surface area contributed by atoms with Crippen molar-refractivity contribution in [1.29, 1.82) is 0 Å². The molecule has 0 aliphatic carbocycles. The van der Waals surface area contributed by atoms with Crippen LogP contribution in [0, 0.1) is 5.92 Å². The maximum absolute atomic E-state index is 13.3. The average molecular weight is 450 g/mol. The Morgan fingerprint density at radius 1 is 1.12 bits per heavy atom. The molecule has 1 atom stereocenters. The van der Waals surface area contributed by atoms with Crippen LogP contribution in [0.3, 0.4) is 0 Å². The van der Waals surface area contributed by atoms with Crippen molar-refractivity contribution in [3.63, 3.8) is 0 Å². The van der Waals surface area contributed by atoms with Crippen LogP contribution in [0.15, 0.2) is 18.2 Å². The van der Waals surface area contributed by atoms with Crippen LogP contribution in [-0.2, 0) is 19.1 Å². The molecular weight excluding hydrogens is 414 g/mol. The zero-order valence-electron chi connectivity index (χ0n) is 20.1. The molecule has 0 aromatic heterocycles. The lowest BCUT2D eigenvalue weighted by atomic mass is 10.1. The van der Waals surface area contributed by atoms with Gasteiger partial charge in [0.1, 0.15) is 23.6 Å². The Morgan fingerprint density at radius 3 is 2.38 bits per heavy atom. The number of ether oxygens (including phenoxy) is 3. The number of nitrogens with zero attached hydrogens (tertiary/aromatic N) is 3. The van der Waals surface area contributed by atoms with Crippen molar-refractivity contribution >= 4 is 23.5 Å². The molecule has 0 saturated carbocycles. The Hall–Kier alpha value is -2.81. The van der Waals surface area contributed by atoms with Gasteiger partial charge in [0.2, 0.25) is 11.8 Å². The number of hydrogen-bond acceptors (Lipinski definition) is 7. The van der Waals surface area contributed by atoms with Crippen LogP contribution in [0.25, 0.3) is 0 Å². The molecule has 1 aliphatic heterocycles. The molecule has 178 valence electrons. The van der Waals surface area contributed by atoms with E-state index in [0.29, 0.717) is 30.3 Å². The van der Waals surface area contributed by atoms with E-state index in [1.165, 1.54) is 12.0 Å². The van der Waals surface area contributed by atoms with Crippen molar-refractivity contribution < 1.29 is 28.6 Å². The Bertz CT molecular complexity index is 834. The molecule has 1 unspecified atom stereocenters. The number of amides is 2. The van der Waals surface area contributed by atoms with Crippen molar-refractivity contribution in [2.24, 2.45) is 5.92 Å². The first kappa shape index (κ1) is 25.5. The minimum Gasteiger partial charge on any atom is -0.497 e. The molecule has 0 radical (unpaired) electrons. The fourth-order valence-electron chi connectivity index (χ4n) is 3.49. The van der Waals surface area contributed by atoms with Gasteiger partial charge in [-0.1, -0.05) is 0 Å². The molecule has 1 aromatic carbocycles. The van der Waals surface area contributed by atoms with Crippen molar-refractivity contribution in [3.05, 3.63) is 18.2 Å². The van der Waals surface area contributed by atoms with Crippen LogP contribution in [-0.4, -0.2) is 87.7 Å². The molecule has 0 spiro atoms. The van der Waals surface area contributed by atoms with Gasteiger partial charge in [-0.05, 0) is 47.0 Å². The summed E-state index contributed by atoms with van der Waals surface area (Å²) in [6, 6.07) is 5.19. The van der Waals surface area contributed by atoms with Gasteiger partial charge in [0.05, 0.1) is 25.8 Å². The third kappa shape index (κ3) is 6.85. The second-order valence-corrected chi connectivity index (χ2v) is 9.09. The standard InChI is InChI=1S/C23H35N3O6/c1-23(2,3)32-21(28)15-25(11-10-24(4)5)22(29)16-12-20(27)26(14-16)18-13-17(30-6)8-9-19(18)31-7/h8-9,13,16H,10-12,14-15H2,1-7H3. The van der Waals surface area contributed by atoms with Gasteiger partial charge in [0.15, 0.2) is 0 Å². The minimum atomic E-state index is -0.642. The Kier molecular flexibility index (Phi) is 8.49. The summed E-state index contributed by atoms with van der Waals surface area (Å²) in [5, 5.41) is 0. The zero-order valence-corrected chi connectivity index (χ0v) is 20.1. The molecule has 0 bridgehead atoms. The number of anilines is 1. The van der Waals surface area contributed by atoms with E-state index in [-0.39, 0.29) is 31.3 Å². The third-order valence-corrected chi connectivity index (χ3v) is 5.02. The SMILES string of the molecule is COc1ccc(OC)c(N2CC(C(=O)N(CCN(C)C)CC(=O)OC(C)(C)C)CC2=O)c1. The van der Waals surface area contributed by atoms with E-state index >= 15 is 0 Å². The van der Waals surface area contributed by atoms with E-state index in [2.05, 4.69) is 0 Å². The van der Waals surface area contributed by atoms with Crippen molar-refractivity contribution in [2.75, 3.05) is 59.4 Å². The summed E-state index contributed by atoms with van der Waals surface area (Å²) < 4.78 is 16.1. The van der Waals surface area contributed by atoms with E-state index < -0.39 is 17.5 Å². The van der Waals surface area contributed by atoms with Crippen LogP contribution in [0.1, 0.15) is 27.2 Å². The zero-order chi connectivity index (χ0) is 24.1. The van der Waals surface area contributed by atoms with Crippen molar-refractivity contribution in [2.45, 2.75) is 32.8 Å². The van der Waals surface area contributed by atoms with Gasteiger partial charge in [0.25, 0.3) is 0 Å². The molecule has 9 nitrogen and oxygen atoms in total. The highest BCUT2D eigenvalue weighted by Gasteiger charge is 2.39. The maximum Gasteiger partial charge on any atom is 0.326 e. The van der Waals surface area contributed by atoms with Gasteiger partial charge in [-0.15, -0.1) is 0 Å². The number of carbonyl (C=O) groups is 3. The highest BCUT2D eigenvalue weighted by molar-refractivity contribution is 6.01. The molecule has 1 aliphatic rings. The number of carbonyl (C=O) groups excluding carboxylic acids is 3. The Morgan fingerprint density at radius 2 is 1.81 bits per heavy atom. The van der Waals surface area contributed by atoms with Crippen LogP contribution in [0.4, 0.5) is 5.69 Å².